The minimum Gasteiger partial charge on any atom is -0.357 e. The molecular weight excluding hydrogens is 304 g/mol. The van der Waals surface area contributed by atoms with Crippen LogP contribution in [0.5, 0.6) is 0 Å². The van der Waals surface area contributed by atoms with E-state index >= 15 is 0 Å². The van der Waals surface area contributed by atoms with E-state index in [1.54, 1.807) is 42.6 Å². The minimum atomic E-state index is -0.193. The molecule has 0 unspecified atom stereocenters. The lowest BCUT2D eigenvalue weighted by molar-refractivity contribution is -0.117. The SMILES string of the molecule is O=C(CN1CCCCC1)Nc1ccc(NC(=O)c2ccc[nH]2)cc1. The fraction of sp³-hybridized carbons (Fsp3) is 0.333. The molecule has 0 saturated carbocycles. The van der Waals surface area contributed by atoms with Gasteiger partial charge in [-0.2, -0.15) is 0 Å². The summed E-state index contributed by atoms with van der Waals surface area (Å²) < 4.78 is 0. The molecule has 1 aromatic carbocycles. The number of carbonyl (C=O) groups excluding carboxylic acids is 2. The van der Waals surface area contributed by atoms with Gasteiger partial charge in [-0.15, -0.1) is 0 Å². The smallest absolute Gasteiger partial charge is 0.272 e. The van der Waals surface area contributed by atoms with Gasteiger partial charge in [-0.3, -0.25) is 14.5 Å². The number of aromatic amines is 1. The highest BCUT2D eigenvalue weighted by molar-refractivity contribution is 6.03. The van der Waals surface area contributed by atoms with E-state index in [-0.39, 0.29) is 11.8 Å². The van der Waals surface area contributed by atoms with E-state index in [0.717, 1.165) is 18.8 Å². The molecule has 3 rings (SSSR count). The van der Waals surface area contributed by atoms with E-state index in [0.29, 0.717) is 17.9 Å². The molecule has 1 aliphatic heterocycles. The number of benzene rings is 1. The van der Waals surface area contributed by atoms with E-state index in [9.17, 15) is 9.59 Å². The van der Waals surface area contributed by atoms with E-state index < -0.39 is 0 Å². The fourth-order valence-electron chi connectivity index (χ4n) is 2.83. The molecular formula is C18H22N4O2. The Hall–Kier alpha value is -2.60. The monoisotopic (exact) mass is 326 g/mol. The van der Waals surface area contributed by atoms with Crippen LogP contribution in [0.4, 0.5) is 11.4 Å². The first kappa shape index (κ1) is 16.3. The number of amides is 2. The summed E-state index contributed by atoms with van der Waals surface area (Å²) in [5.74, 6) is -0.193. The molecule has 1 aliphatic rings. The molecule has 126 valence electrons. The van der Waals surface area contributed by atoms with Crippen molar-refractivity contribution in [3.63, 3.8) is 0 Å². The maximum atomic E-state index is 12.1. The van der Waals surface area contributed by atoms with Crippen molar-refractivity contribution in [1.82, 2.24) is 9.88 Å². The number of anilines is 2. The number of nitrogens with zero attached hydrogens (tertiary/aromatic N) is 1. The normalized spacial score (nSPS) is 15.0. The Kier molecular flexibility index (Phi) is 5.28. The van der Waals surface area contributed by atoms with Gasteiger partial charge in [-0.25, -0.2) is 0 Å². The molecule has 0 spiro atoms. The maximum Gasteiger partial charge on any atom is 0.272 e. The predicted molar refractivity (Wildman–Crippen MR) is 94.1 cm³/mol. The molecule has 0 bridgehead atoms. The number of aromatic nitrogens is 1. The molecule has 2 amide bonds. The Bertz CT molecular complexity index is 674. The van der Waals surface area contributed by atoms with E-state index in [4.69, 9.17) is 0 Å². The second-order valence-corrected chi connectivity index (χ2v) is 6.00. The van der Waals surface area contributed by atoms with Gasteiger partial charge in [0.2, 0.25) is 5.91 Å². The Morgan fingerprint density at radius 1 is 0.958 bits per heavy atom. The lowest BCUT2D eigenvalue weighted by atomic mass is 10.1. The molecule has 1 fully saturated rings. The minimum absolute atomic E-state index is 0.0000659. The number of rotatable bonds is 5. The summed E-state index contributed by atoms with van der Waals surface area (Å²) in [5.41, 5.74) is 1.92. The van der Waals surface area contributed by atoms with Crippen LogP contribution in [0.3, 0.4) is 0 Å². The van der Waals surface area contributed by atoms with Crippen molar-refractivity contribution in [2.45, 2.75) is 19.3 Å². The number of hydrogen-bond donors (Lipinski definition) is 3. The molecule has 6 heteroatoms. The molecule has 2 aromatic rings. The molecule has 0 atom stereocenters. The molecule has 0 radical (unpaired) electrons. The van der Waals surface area contributed by atoms with Crippen molar-refractivity contribution in [1.29, 1.82) is 0 Å². The second kappa shape index (κ2) is 7.79. The second-order valence-electron chi connectivity index (χ2n) is 6.00. The third kappa shape index (κ3) is 4.45. The van der Waals surface area contributed by atoms with Gasteiger partial charge in [0.25, 0.3) is 5.91 Å². The standard InChI is InChI=1S/C18H22N4O2/c23-17(13-22-11-2-1-3-12-22)20-14-6-8-15(9-7-14)21-18(24)16-5-4-10-19-16/h4-10,19H,1-3,11-13H2,(H,20,23)(H,21,24). The van der Waals surface area contributed by atoms with Gasteiger partial charge < -0.3 is 15.6 Å². The number of H-pyrrole nitrogens is 1. The first-order valence-corrected chi connectivity index (χ1v) is 8.28. The van der Waals surface area contributed by atoms with Crippen molar-refractivity contribution < 1.29 is 9.59 Å². The highest BCUT2D eigenvalue weighted by atomic mass is 16.2. The number of carbonyl (C=O) groups is 2. The fourth-order valence-corrected chi connectivity index (χ4v) is 2.83. The first-order chi connectivity index (χ1) is 11.7. The topological polar surface area (TPSA) is 77.2 Å². The van der Waals surface area contributed by atoms with Gasteiger partial charge in [0.05, 0.1) is 6.54 Å². The molecule has 1 aromatic heterocycles. The van der Waals surface area contributed by atoms with Crippen LogP contribution < -0.4 is 10.6 Å². The van der Waals surface area contributed by atoms with Crippen molar-refractivity contribution in [2.75, 3.05) is 30.3 Å². The molecule has 24 heavy (non-hydrogen) atoms. The van der Waals surface area contributed by atoms with Gasteiger partial charge in [-0.05, 0) is 62.3 Å². The van der Waals surface area contributed by atoms with Crippen molar-refractivity contribution in [2.24, 2.45) is 0 Å². The average molecular weight is 326 g/mol. The predicted octanol–water partition coefficient (Wildman–Crippen LogP) is 2.69. The summed E-state index contributed by atoms with van der Waals surface area (Å²) in [6.07, 6.45) is 5.30. The Morgan fingerprint density at radius 2 is 1.62 bits per heavy atom. The summed E-state index contributed by atoms with van der Waals surface area (Å²) >= 11 is 0. The Balaban J connectivity index is 1.50. The third-order valence-electron chi connectivity index (χ3n) is 4.09. The zero-order chi connectivity index (χ0) is 16.8. The maximum absolute atomic E-state index is 12.1. The van der Waals surface area contributed by atoms with E-state index in [2.05, 4.69) is 20.5 Å². The van der Waals surface area contributed by atoms with Gasteiger partial charge in [-0.1, -0.05) is 6.42 Å². The Labute approximate surface area is 141 Å². The largest absolute Gasteiger partial charge is 0.357 e. The number of nitrogens with one attached hydrogen (secondary N) is 3. The molecule has 3 N–H and O–H groups in total. The van der Waals surface area contributed by atoms with Crippen molar-refractivity contribution in [3.8, 4) is 0 Å². The van der Waals surface area contributed by atoms with Gasteiger partial charge in [0.15, 0.2) is 0 Å². The van der Waals surface area contributed by atoms with Crippen LogP contribution in [-0.2, 0) is 4.79 Å². The van der Waals surface area contributed by atoms with Gasteiger partial charge in [0, 0.05) is 17.6 Å². The van der Waals surface area contributed by atoms with Crippen LogP contribution in [0.25, 0.3) is 0 Å². The van der Waals surface area contributed by atoms with E-state index in [1.807, 2.05) is 0 Å². The van der Waals surface area contributed by atoms with Crippen LogP contribution in [0.15, 0.2) is 42.6 Å². The summed E-state index contributed by atoms with van der Waals surface area (Å²) in [6, 6.07) is 10.6. The van der Waals surface area contributed by atoms with Crippen LogP contribution >= 0.6 is 0 Å². The summed E-state index contributed by atoms with van der Waals surface area (Å²) in [7, 11) is 0. The lowest BCUT2D eigenvalue weighted by Crippen LogP contribution is -2.36. The summed E-state index contributed by atoms with van der Waals surface area (Å²) in [6.45, 7) is 2.43. The van der Waals surface area contributed by atoms with Crippen LogP contribution in [0.2, 0.25) is 0 Å². The molecule has 6 nitrogen and oxygen atoms in total. The Morgan fingerprint density at radius 3 is 2.25 bits per heavy atom. The zero-order valence-corrected chi connectivity index (χ0v) is 13.5. The van der Waals surface area contributed by atoms with Crippen LogP contribution in [0, 0.1) is 0 Å². The molecule has 2 heterocycles. The van der Waals surface area contributed by atoms with Crippen LogP contribution in [-0.4, -0.2) is 41.3 Å². The highest BCUT2D eigenvalue weighted by Crippen LogP contribution is 2.15. The first-order valence-electron chi connectivity index (χ1n) is 8.28. The molecule has 0 aliphatic carbocycles. The van der Waals surface area contributed by atoms with E-state index in [1.165, 1.54) is 19.3 Å². The number of likely N-dealkylation sites (tertiary alicyclic amines) is 1. The van der Waals surface area contributed by atoms with Crippen LogP contribution in [0.1, 0.15) is 29.8 Å². The molecule has 1 saturated heterocycles. The third-order valence-corrected chi connectivity index (χ3v) is 4.09. The highest BCUT2D eigenvalue weighted by Gasteiger charge is 2.14. The van der Waals surface area contributed by atoms with Gasteiger partial charge >= 0.3 is 0 Å². The number of piperidine rings is 1. The van der Waals surface area contributed by atoms with Crippen molar-refractivity contribution in [3.05, 3.63) is 48.3 Å². The summed E-state index contributed by atoms with van der Waals surface area (Å²) in [4.78, 5) is 29.1. The van der Waals surface area contributed by atoms with Gasteiger partial charge in [0.1, 0.15) is 5.69 Å². The summed E-state index contributed by atoms with van der Waals surface area (Å²) in [5, 5.41) is 5.70. The lowest BCUT2D eigenvalue weighted by Gasteiger charge is -2.25. The average Bonchev–Trinajstić information content (AvgIpc) is 3.12. The zero-order valence-electron chi connectivity index (χ0n) is 13.5. The number of hydrogen-bond acceptors (Lipinski definition) is 3. The quantitative estimate of drug-likeness (QED) is 0.790. The van der Waals surface area contributed by atoms with Crippen molar-refractivity contribution >= 4 is 23.2 Å².